The predicted molar refractivity (Wildman–Crippen MR) is 317 cm³/mol. The van der Waals surface area contributed by atoms with Crippen molar-refractivity contribution in [1.29, 1.82) is 5.26 Å². The fourth-order valence-corrected chi connectivity index (χ4v) is 11.7. The molecule has 0 saturated carbocycles. The number of nitrogens with two attached hydrogens (primary N) is 1. The molecule has 82 heavy (non-hydrogen) atoms. The van der Waals surface area contributed by atoms with Crippen molar-refractivity contribution in [3.8, 4) is 40.3 Å². The van der Waals surface area contributed by atoms with Gasteiger partial charge in [-0.25, -0.2) is 13.5 Å². The summed E-state index contributed by atoms with van der Waals surface area (Å²) in [4.78, 5) is 43.3. The number of halogens is 2. The Kier molecular flexibility index (Phi) is 19.0. The Hall–Kier alpha value is -8.12. The molecule has 0 spiro atoms. The molecule has 0 radical (unpaired) electrons. The van der Waals surface area contributed by atoms with E-state index in [1.807, 2.05) is 80.4 Å². The second-order valence-corrected chi connectivity index (χ2v) is 22.1. The van der Waals surface area contributed by atoms with Crippen LogP contribution < -0.4 is 30.7 Å². The third-order valence-corrected chi connectivity index (χ3v) is 16.3. The Morgan fingerprint density at radius 1 is 1.07 bits per heavy atom. The van der Waals surface area contributed by atoms with Gasteiger partial charge >= 0.3 is 6.01 Å². The lowest BCUT2D eigenvalue weighted by Gasteiger charge is -2.35. The van der Waals surface area contributed by atoms with E-state index in [4.69, 9.17) is 34.9 Å². The summed E-state index contributed by atoms with van der Waals surface area (Å²) in [6, 6.07) is 20.6. The number of amides is 2. The van der Waals surface area contributed by atoms with E-state index in [1.165, 1.54) is 12.1 Å². The van der Waals surface area contributed by atoms with Gasteiger partial charge in [-0.15, -0.1) is 16.4 Å². The number of hydrogen-bond donors (Lipinski definition) is 3. The van der Waals surface area contributed by atoms with Gasteiger partial charge in [0.25, 0.3) is 0 Å². The van der Waals surface area contributed by atoms with Crippen molar-refractivity contribution in [1.82, 2.24) is 45.5 Å². The highest BCUT2D eigenvalue weighted by Gasteiger charge is 2.35. The minimum atomic E-state index is -0.483. The molecule has 0 bridgehead atoms. The van der Waals surface area contributed by atoms with E-state index in [1.54, 1.807) is 36.0 Å². The molecule has 3 fully saturated rings. The number of piperazine rings is 1. The number of allylic oxidation sites excluding steroid dienone is 5. The van der Waals surface area contributed by atoms with Gasteiger partial charge in [0.15, 0.2) is 5.75 Å². The minimum absolute atomic E-state index is 0.0263. The van der Waals surface area contributed by atoms with E-state index >= 15 is 4.39 Å². The van der Waals surface area contributed by atoms with Crippen LogP contribution in [0.5, 0.6) is 11.8 Å². The summed E-state index contributed by atoms with van der Waals surface area (Å²) in [5.41, 5.74) is 12.4. The molecule has 0 aliphatic carbocycles. The number of pyridine rings is 1. The lowest BCUT2D eigenvalue weighted by molar-refractivity contribution is -0.137. The number of nitrogens with one attached hydrogen (secondary N) is 2. The fraction of sp³-hybridized carbons (Fsp3) is 0.387. The molecule has 10 rings (SSSR count). The van der Waals surface area contributed by atoms with E-state index in [-0.39, 0.29) is 69.8 Å². The molecule has 7 aromatic rings. The van der Waals surface area contributed by atoms with Crippen LogP contribution in [0, 0.1) is 23.1 Å². The number of nitriles is 1. The maximum atomic E-state index is 15.4. The van der Waals surface area contributed by atoms with Gasteiger partial charge in [-0.05, 0) is 74.8 Å². The number of aromatic nitrogens is 6. The Bertz CT molecular complexity index is 3520. The lowest BCUT2D eigenvalue weighted by atomic mass is 10.00. The Morgan fingerprint density at radius 3 is 2.51 bits per heavy atom. The summed E-state index contributed by atoms with van der Waals surface area (Å²) in [6.07, 6.45) is 13.1. The number of rotatable bonds is 18. The number of benzene rings is 3. The predicted octanol–water partition coefficient (Wildman–Crippen LogP) is 11.2. The number of hydrogen-bond acceptors (Lipinski definition) is 15. The van der Waals surface area contributed by atoms with Crippen LogP contribution in [-0.2, 0) is 20.9 Å². The summed E-state index contributed by atoms with van der Waals surface area (Å²) in [5.74, 6) is 0.349. The monoisotopic (exact) mass is 1130 g/mol. The molecule has 4 unspecified atom stereocenters. The molecule has 3 aromatic carbocycles. The molecular formula is C62H70F2N12O5S. The molecule has 3 aliphatic heterocycles. The van der Waals surface area contributed by atoms with Crippen molar-refractivity contribution in [2.45, 2.75) is 111 Å². The first-order valence-electron chi connectivity index (χ1n) is 28.0. The molecule has 3 aliphatic rings. The van der Waals surface area contributed by atoms with E-state index < -0.39 is 11.9 Å². The number of nitrogens with zero attached hydrogens (tertiary/aromatic N) is 9. The summed E-state index contributed by atoms with van der Waals surface area (Å²) < 4.78 is 50.0. The average molecular weight is 1130 g/mol. The van der Waals surface area contributed by atoms with Crippen molar-refractivity contribution in [2.75, 3.05) is 50.0 Å². The first-order valence-corrected chi connectivity index (χ1v) is 28.8. The van der Waals surface area contributed by atoms with Crippen LogP contribution in [0.4, 0.5) is 19.6 Å². The highest BCUT2D eigenvalue weighted by molar-refractivity contribution is 7.23. The summed E-state index contributed by atoms with van der Waals surface area (Å²) in [6.45, 7) is 19.7. The average Bonchev–Trinajstić information content (AvgIpc) is 2.95. The fourth-order valence-electron chi connectivity index (χ4n) is 10.7. The van der Waals surface area contributed by atoms with E-state index in [9.17, 15) is 19.2 Å². The van der Waals surface area contributed by atoms with Gasteiger partial charge in [0.05, 0.1) is 41.1 Å². The maximum absolute atomic E-state index is 15.4. The zero-order chi connectivity index (χ0) is 58.0. The minimum Gasteiger partial charge on any atom is -0.484 e. The molecule has 20 heteroatoms. The molecule has 428 valence electrons. The van der Waals surface area contributed by atoms with Crippen LogP contribution in [0.25, 0.3) is 49.1 Å². The number of fused-ring (bicyclic) bond motifs is 2. The van der Waals surface area contributed by atoms with Crippen LogP contribution in [0.3, 0.4) is 0 Å². The third-order valence-electron chi connectivity index (χ3n) is 15.3. The smallest absolute Gasteiger partial charge is 0.319 e. The van der Waals surface area contributed by atoms with E-state index in [2.05, 4.69) is 52.3 Å². The zero-order valence-corrected chi connectivity index (χ0v) is 48.0. The number of carbonyl (C=O) groups excluding carboxylic acids is 2. The van der Waals surface area contributed by atoms with Gasteiger partial charge in [-0.2, -0.15) is 15.2 Å². The zero-order valence-electron chi connectivity index (χ0n) is 47.2. The molecule has 4 aromatic heterocycles. The number of thiophene rings is 1. The van der Waals surface area contributed by atoms with Crippen LogP contribution in [0.15, 0.2) is 104 Å². The van der Waals surface area contributed by atoms with Crippen molar-refractivity contribution < 1.29 is 32.6 Å². The first-order chi connectivity index (χ1) is 39.7. The van der Waals surface area contributed by atoms with Crippen LogP contribution in [-0.4, -0.2) is 105 Å². The number of nitrogen functional groups attached to an aromatic ring is 1. The number of carbonyl (C=O) groups is 2. The molecule has 17 nitrogen and oxygen atoms in total. The largest absolute Gasteiger partial charge is 0.484 e. The highest BCUT2D eigenvalue weighted by Crippen LogP contribution is 2.46. The highest BCUT2D eigenvalue weighted by atomic mass is 32.1. The lowest BCUT2D eigenvalue weighted by Crippen LogP contribution is -2.50. The number of ether oxygens (including phenoxy) is 3. The molecule has 7 heterocycles. The Labute approximate surface area is 480 Å². The normalized spacial score (nSPS) is 17.8. The van der Waals surface area contributed by atoms with Crippen LogP contribution in [0.1, 0.15) is 108 Å². The van der Waals surface area contributed by atoms with Gasteiger partial charge in [0.2, 0.25) is 12.3 Å². The van der Waals surface area contributed by atoms with Crippen molar-refractivity contribution >= 4 is 61.0 Å². The molecule has 2 amide bonds. The molecule has 4 N–H and O–H groups in total. The second kappa shape index (κ2) is 26.6. The third kappa shape index (κ3) is 12.8. The topological polar surface area (TPSA) is 212 Å². The van der Waals surface area contributed by atoms with Crippen molar-refractivity contribution in [2.24, 2.45) is 5.92 Å². The van der Waals surface area contributed by atoms with E-state index in [0.29, 0.717) is 89.4 Å². The number of likely N-dealkylation sites (tertiary alicyclic amines) is 1. The van der Waals surface area contributed by atoms with Crippen molar-refractivity contribution in [3.05, 3.63) is 132 Å². The van der Waals surface area contributed by atoms with Gasteiger partial charge in [-0.3, -0.25) is 14.6 Å². The summed E-state index contributed by atoms with van der Waals surface area (Å²) in [7, 11) is 0. The maximum Gasteiger partial charge on any atom is 0.319 e. The Morgan fingerprint density at radius 2 is 1.84 bits per heavy atom. The summed E-state index contributed by atoms with van der Waals surface area (Å²) >= 11 is 1.03. The van der Waals surface area contributed by atoms with Gasteiger partial charge in [-0.1, -0.05) is 99.3 Å². The van der Waals surface area contributed by atoms with Crippen LogP contribution in [0.2, 0.25) is 0 Å². The first kappa shape index (κ1) is 58.5. The quantitative estimate of drug-likeness (QED) is 0.0539. The summed E-state index contributed by atoms with van der Waals surface area (Å²) in [5, 5.41) is 26.7. The number of anilines is 2. The van der Waals surface area contributed by atoms with Crippen molar-refractivity contribution in [3.63, 3.8) is 0 Å². The van der Waals surface area contributed by atoms with Gasteiger partial charge < -0.3 is 40.4 Å². The standard InChI is InChI=1S/C46H52FN11O4S.C16H18FNO/c1-5-30-23-56(18-16-50-30)44-34-22-51-38(32-12-13-35(47)42-37(32)33(21-48)43(49)63-42)41(39(34)52-46(53-44)62-31-14-19-60-20-15-31)61-25-28-8-10-29(11-9-28)36-24-58(55-54-36)40(26(2)3)45(59)57-17-6-7-27(57)4;1-4-6-15(16(17)5-2)14-9-7-13(8-10-14)12(3)18-11-19/h8-13,22,24,26-27,30-31,40,50H,5-7,14-20,23,25,49H2,1-4H3;4-12H,1H2,2-3H3,(H,18,19)/b;15-6-,16-5+. The SMILES string of the molecule is C=C/C=C(\C(F)=C/C)c1ccc(C(C)NC=O)cc1.CCC1CN(c2nc(OC3CCOCC3)nc3c(OCc4ccc(-c5cn(C(C(=O)N6CCCC6C)C(C)C)nn5)cc4)c(-c4ccc(F)c5sc(N)c(C#N)c45)ncc23)CCN1. The molecular weight excluding hydrogens is 1060 g/mol. The van der Waals surface area contributed by atoms with Crippen LogP contribution >= 0.6 is 11.3 Å². The molecule has 4 atom stereocenters. The van der Waals surface area contributed by atoms with E-state index in [0.717, 1.165) is 72.5 Å². The second-order valence-electron chi connectivity index (χ2n) is 21.1. The molecule has 3 saturated heterocycles. The van der Waals surface area contributed by atoms with Gasteiger partial charge in [0, 0.05) is 79.4 Å². The van der Waals surface area contributed by atoms with Gasteiger partial charge in [0.1, 0.15) is 64.2 Å². The Balaban J connectivity index is 0.000000363.